The predicted molar refractivity (Wildman–Crippen MR) is 65.6 cm³/mol. The summed E-state index contributed by atoms with van der Waals surface area (Å²) < 4.78 is 15.1. The second-order valence-corrected chi connectivity index (χ2v) is 5.34. The van der Waals surface area contributed by atoms with E-state index in [0.717, 1.165) is 0 Å². The SMILES string of the molecule is COC(=O)[C@@H]1CN(C(=O)OC(C)(C)C)C[C@H](CO)O1. The van der Waals surface area contributed by atoms with Crippen LogP contribution in [0, 0.1) is 0 Å². The lowest BCUT2D eigenvalue weighted by Crippen LogP contribution is -2.54. The molecule has 0 aromatic rings. The molecule has 1 heterocycles. The maximum atomic E-state index is 11.9. The summed E-state index contributed by atoms with van der Waals surface area (Å²) in [6.07, 6.45) is -2.06. The topological polar surface area (TPSA) is 85.3 Å². The summed E-state index contributed by atoms with van der Waals surface area (Å²) in [6, 6.07) is 0. The molecule has 1 fully saturated rings. The molecule has 1 saturated heterocycles. The van der Waals surface area contributed by atoms with Crippen LogP contribution in [-0.4, -0.2) is 66.7 Å². The highest BCUT2D eigenvalue weighted by Gasteiger charge is 2.36. The van der Waals surface area contributed by atoms with Gasteiger partial charge >= 0.3 is 12.1 Å². The molecule has 2 atom stereocenters. The van der Waals surface area contributed by atoms with Crippen molar-refractivity contribution >= 4 is 12.1 Å². The number of methoxy groups -OCH3 is 1. The molecule has 0 aliphatic carbocycles. The van der Waals surface area contributed by atoms with Gasteiger partial charge in [-0.05, 0) is 20.8 Å². The van der Waals surface area contributed by atoms with E-state index in [1.54, 1.807) is 20.8 Å². The first-order valence-electron chi connectivity index (χ1n) is 6.09. The maximum absolute atomic E-state index is 11.9. The monoisotopic (exact) mass is 275 g/mol. The Morgan fingerprint density at radius 1 is 1.37 bits per heavy atom. The van der Waals surface area contributed by atoms with Crippen molar-refractivity contribution in [2.45, 2.75) is 38.6 Å². The largest absolute Gasteiger partial charge is 0.467 e. The van der Waals surface area contributed by atoms with E-state index in [0.29, 0.717) is 0 Å². The van der Waals surface area contributed by atoms with E-state index in [1.165, 1.54) is 12.0 Å². The number of aliphatic hydroxyl groups is 1. The Kier molecular flexibility index (Phi) is 5.13. The molecule has 0 aromatic carbocycles. The van der Waals surface area contributed by atoms with Crippen molar-refractivity contribution in [3.63, 3.8) is 0 Å². The zero-order valence-corrected chi connectivity index (χ0v) is 11.7. The third-order valence-electron chi connectivity index (χ3n) is 2.49. The summed E-state index contributed by atoms with van der Waals surface area (Å²) in [4.78, 5) is 24.8. The molecule has 0 radical (unpaired) electrons. The van der Waals surface area contributed by atoms with Gasteiger partial charge in [0, 0.05) is 0 Å². The number of aliphatic hydroxyl groups excluding tert-OH is 1. The van der Waals surface area contributed by atoms with Gasteiger partial charge in [-0.1, -0.05) is 0 Å². The van der Waals surface area contributed by atoms with Crippen LogP contribution < -0.4 is 0 Å². The standard InChI is InChI=1S/C12H21NO6/c1-12(2,3)19-11(16)13-5-8(7-14)18-9(6-13)10(15)17-4/h8-9,14H,5-7H2,1-4H3/t8-,9+/m1/s1. The van der Waals surface area contributed by atoms with Gasteiger partial charge in [0.15, 0.2) is 6.10 Å². The molecule has 1 amide bonds. The second kappa shape index (κ2) is 6.21. The van der Waals surface area contributed by atoms with Gasteiger partial charge in [-0.3, -0.25) is 0 Å². The van der Waals surface area contributed by atoms with Crippen LogP contribution in [0.4, 0.5) is 4.79 Å². The summed E-state index contributed by atoms with van der Waals surface area (Å²) in [5.41, 5.74) is -0.620. The maximum Gasteiger partial charge on any atom is 0.410 e. The first-order valence-corrected chi connectivity index (χ1v) is 6.09. The van der Waals surface area contributed by atoms with Crippen LogP contribution in [0.25, 0.3) is 0 Å². The van der Waals surface area contributed by atoms with Crippen LogP contribution in [0.2, 0.25) is 0 Å². The summed E-state index contributed by atoms with van der Waals surface area (Å²) in [7, 11) is 1.24. The number of carbonyl (C=O) groups excluding carboxylic acids is 2. The van der Waals surface area contributed by atoms with Gasteiger partial charge < -0.3 is 24.2 Å². The molecule has 0 saturated carbocycles. The lowest BCUT2D eigenvalue weighted by Gasteiger charge is -2.36. The average molecular weight is 275 g/mol. The molecule has 0 spiro atoms. The van der Waals surface area contributed by atoms with Gasteiger partial charge in [0.05, 0.1) is 32.9 Å². The Bertz CT molecular complexity index is 338. The molecular weight excluding hydrogens is 254 g/mol. The second-order valence-electron chi connectivity index (χ2n) is 5.34. The van der Waals surface area contributed by atoms with Crippen molar-refractivity contribution in [1.82, 2.24) is 4.90 Å². The lowest BCUT2D eigenvalue weighted by atomic mass is 10.2. The van der Waals surface area contributed by atoms with Crippen molar-refractivity contribution in [2.24, 2.45) is 0 Å². The molecule has 110 valence electrons. The minimum Gasteiger partial charge on any atom is -0.467 e. The van der Waals surface area contributed by atoms with Crippen LogP contribution in [-0.2, 0) is 19.0 Å². The molecular formula is C12H21NO6. The number of hydrogen-bond donors (Lipinski definition) is 1. The number of amides is 1. The van der Waals surface area contributed by atoms with Gasteiger partial charge in [-0.15, -0.1) is 0 Å². The molecule has 1 rings (SSSR count). The molecule has 1 N–H and O–H groups in total. The molecule has 0 unspecified atom stereocenters. The van der Waals surface area contributed by atoms with Crippen LogP contribution >= 0.6 is 0 Å². The van der Waals surface area contributed by atoms with Gasteiger partial charge in [-0.25, -0.2) is 9.59 Å². The van der Waals surface area contributed by atoms with E-state index >= 15 is 0 Å². The Morgan fingerprint density at radius 2 is 2.00 bits per heavy atom. The fourth-order valence-electron chi connectivity index (χ4n) is 1.68. The number of nitrogens with zero attached hydrogens (tertiary/aromatic N) is 1. The Labute approximate surface area is 112 Å². The third kappa shape index (κ3) is 4.68. The van der Waals surface area contributed by atoms with Crippen LogP contribution in [0.15, 0.2) is 0 Å². The number of rotatable bonds is 2. The highest BCUT2D eigenvalue weighted by atomic mass is 16.6. The molecule has 0 aromatic heterocycles. The average Bonchev–Trinajstić information content (AvgIpc) is 2.35. The number of morpholine rings is 1. The van der Waals surface area contributed by atoms with E-state index < -0.39 is 29.9 Å². The summed E-state index contributed by atoms with van der Waals surface area (Å²) in [6.45, 7) is 5.22. The van der Waals surface area contributed by atoms with E-state index in [-0.39, 0.29) is 19.7 Å². The molecule has 1 aliphatic rings. The van der Waals surface area contributed by atoms with Gasteiger partial charge in [0.25, 0.3) is 0 Å². The summed E-state index contributed by atoms with van der Waals surface area (Å²) >= 11 is 0. The van der Waals surface area contributed by atoms with Crippen molar-refractivity contribution in [2.75, 3.05) is 26.8 Å². The fourth-order valence-corrected chi connectivity index (χ4v) is 1.68. The first-order chi connectivity index (χ1) is 8.76. The van der Waals surface area contributed by atoms with Crippen molar-refractivity contribution in [3.05, 3.63) is 0 Å². The zero-order valence-electron chi connectivity index (χ0n) is 11.7. The Balaban J connectivity index is 2.71. The minimum absolute atomic E-state index is 0.0537. The molecule has 7 nitrogen and oxygen atoms in total. The number of esters is 1. The van der Waals surface area contributed by atoms with Crippen molar-refractivity contribution < 1.29 is 28.9 Å². The van der Waals surface area contributed by atoms with Crippen molar-refractivity contribution in [1.29, 1.82) is 0 Å². The highest BCUT2D eigenvalue weighted by Crippen LogP contribution is 2.16. The van der Waals surface area contributed by atoms with Gasteiger partial charge in [0.2, 0.25) is 0 Å². The fraction of sp³-hybridized carbons (Fsp3) is 0.833. The highest BCUT2D eigenvalue weighted by molar-refractivity contribution is 5.76. The predicted octanol–water partition coefficient (Wildman–Crippen LogP) is 0.156. The molecule has 7 heteroatoms. The van der Waals surface area contributed by atoms with Crippen LogP contribution in [0.3, 0.4) is 0 Å². The van der Waals surface area contributed by atoms with Crippen LogP contribution in [0.1, 0.15) is 20.8 Å². The van der Waals surface area contributed by atoms with E-state index in [2.05, 4.69) is 4.74 Å². The van der Waals surface area contributed by atoms with Crippen molar-refractivity contribution in [3.8, 4) is 0 Å². The van der Waals surface area contributed by atoms with Crippen LogP contribution in [0.5, 0.6) is 0 Å². The normalized spacial score (nSPS) is 23.9. The lowest BCUT2D eigenvalue weighted by molar-refractivity contribution is -0.169. The Hall–Kier alpha value is -1.34. The van der Waals surface area contributed by atoms with Gasteiger partial charge in [-0.2, -0.15) is 0 Å². The minimum atomic E-state index is -0.900. The van der Waals surface area contributed by atoms with E-state index in [1.807, 2.05) is 0 Å². The Morgan fingerprint density at radius 3 is 2.47 bits per heavy atom. The summed E-state index contributed by atoms with van der Waals surface area (Å²) in [5, 5.41) is 9.14. The van der Waals surface area contributed by atoms with Gasteiger partial charge in [0.1, 0.15) is 5.60 Å². The zero-order chi connectivity index (χ0) is 14.6. The quantitative estimate of drug-likeness (QED) is 0.722. The molecule has 0 bridgehead atoms. The van der Waals surface area contributed by atoms with E-state index in [4.69, 9.17) is 14.6 Å². The summed E-state index contributed by atoms with van der Waals surface area (Å²) in [5.74, 6) is -0.577. The number of hydrogen-bond acceptors (Lipinski definition) is 6. The van der Waals surface area contributed by atoms with E-state index in [9.17, 15) is 9.59 Å². The number of ether oxygens (including phenoxy) is 3. The number of carbonyl (C=O) groups is 2. The smallest absolute Gasteiger partial charge is 0.410 e. The third-order valence-corrected chi connectivity index (χ3v) is 2.49. The molecule has 1 aliphatic heterocycles. The first kappa shape index (κ1) is 15.7. The molecule has 19 heavy (non-hydrogen) atoms.